The molecule has 4 rings (SSSR count). The molecule has 3 aromatic carbocycles. The van der Waals surface area contributed by atoms with E-state index in [9.17, 15) is 30.8 Å². The SMILES string of the molecule is O=C1Nc2ccc(S(=O)(=O)Nc3ccc(C(F)(F)F)cc3)cc2C1=Cc1ccc(F)cc1. The predicted molar refractivity (Wildman–Crippen MR) is 112 cm³/mol. The van der Waals surface area contributed by atoms with Crippen LogP contribution in [0.5, 0.6) is 0 Å². The minimum atomic E-state index is -4.54. The molecule has 3 aromatic rings. The monoisotopic (exact) mass is 462 g/mol. The van der Waals surface area contributed by atoms with Crippen LogP contribution in [0.2, 0.25) is 0 Å². The molecule has 0 saturated heterocycles. The largest absolute Gasteiger partial charge is 0.416 e. The second-order valence-corrected chi connectivity index (χ2v) is 8.63. The van der Waals surface area contributed by atoms with Gasteiger partial charge in [-0.15, -0.1) is 0 Å². The molecule has 0 saturated carbocycles. The summed E-state index contributed by atoms with van der Waals surface area (Å²) in [4.78, 5) is 12.2. The summed E-state index contributed by atoms with van der Waals surface area (Å²) in [5.41, 5.74) is 0.512. The van der Waals surface area contributed by atoms with Crippen LogP contribution in [-0.4, -0.2) is 14.3 Å². The first kappa shape index (κ1) is 21.6. The van der Waals surface area contributed by atoms with Gasteiger partial charge in [0.25, 0.3) is 15.9 Å². The number of carbonyl (C=O) groups is 1. The zero-order valence-electron chi connectivity index (χ0n) is 16.1. The summed E-state index contributed by atoms with van der Waals surface area (Å²) in [5.74, 6) is -0.888. The quantitative estimate of drug-likeness (QED) is 0.417. The molecule has 0 bridgehead atoms. The van der Waals surface area contributed by atoms with Gasteiger partial charge in [0.15, 0.2) is 0 Å². The average molecular weight is 462 g/mol. The third-order valence-electron chi connectivity index (χ3n) is 4.73. The molecule has 2 N–H and O–H groups in total. The number of benzene rings is 3. The molecule has 0 unspecified atom stereocenters. The van der Waals surface area contributed by atoms with E-state index < -0.39 is 33.5 Å². The fourth-order valence-corrected chi connectivity index (χ4v) is 4.23. The smallest absolute Gasteiger partial charge is 0.321 e. The topological polar surface area (TPSA) is 75.3 Å². The molecule has 0 aromatic heterocycles. The van der Waals surface area contributed by atoms with Gasteiger partial charge in [-0.1, -0.05) is 12.1 Å². The van der Waals surface area contributed by atoms with Gasteiger partial charge >= 0.3 is 6.18 Å². The number of hydrogen-bond acceptors (Lipinski definition) is 3. The number of rotatable bonds is 4. The molecule has 0 fully saturated rings. The van der Waals surface area contributed by atoms with Crippen LogP contribution >= 0.6 is 0 Å². The van der Waals surface area contributed by atoms with E-state index in [1.165, 1.54) is 48.5 Å². The molecule has 1 heterocycles. The van der Waals surface area contributed by atoms with Gasteiger partial charge in [-0.3, -0.25) is 9.52 Å². The fraction of sp³-hybridized carbons (Fsp3) is 0.0455. The highest BCUT2D eigenvalue weighted by molar-refractivity contribution is 7.92. The Bertz CT molecular complexity index is 1330. The number of fused-ring (bicyclic) bond motifs is 1. The lowest BCUT2D eigenvalue weighted by Crippen LogP contribution is -2.13. The molecule has 10 heteroatoms. The summed E-state index contributed by atoms with van der Waals surface area (Å²) in [6, 6.07) is 12.9. The maximum Gasteiger partial charge on any atom is 0.416 e. The molecule has 0 aliphatic carbocycles. The Morgan fingerprint density at radius 1 is 0.906 bits per heavy atom. The van der Waals surface area contributed by atoms with Crippen molar-refractivity contribution in [1.82, 2.24) is 0 Å². The predicted octanol–water partition coefficient (Wildman–Crippen LogP) is 5.14. The highest BCUT2D eigenvalue weighted by Gasteiger charge is 2.30. The number of nitrogens with one attached hydrogen (secondary N) is 2. The molecule has 164 valence electrons. The number of anilines is 2. The Morgan fingerprint density at radius 3 is 2.19 bits per heavy atom. The van der Waals surface area contributed by atoms with Gasteiger partial charge in [0.05, 0.1) is 10.5 Å². The number of amides is 1. The molecule has 1 aliphatic rings. The van der Waals surface area contributed by atoms with Crippen molar-refractivity contribution in [2.75, 3.05) is 10.0 Å². The van der Waals surface area contributed by atoms with Crippen molar-refractivity contribution in [3.8, 4) is 0 Å². The van der Waals surface area contributed by atoms with E-state index in [1.54, 1.807) is 0 Å². The summed E-state index contributed by atoms with van der Waals surface area (Å²) in [6.45, 7) is 0. The molecular weight excluding hydrogens is 448 g/mol. The van der Waals surface area contributed by atoms with Crippen molar-refractivity contribution in [3.63, 3.8) is 0 Å². The lowest BCUT2D eigenvalue weighted by atomic mass is 10.0. The summed E-state index contributed by atoms with van der Waals surface area (Å²) >= 11 is 0. The van der Waals surface area contributed by atoms with Crippen molar-refractivity contribution >= 4 is 39.0 Å². The third-order valence-corrected chi connectivity index (χ3v) is 6.11. The first-order chi connectivity index (χ1) is 15.0. The van der Waals surface area contributed by atoms with E-state index >= 15 is 0 Å². The molecular formula is C22H14F4N2O3S. The van der Waals surface area contributed by atoms with Crippen molar-refractivity contribution < 1.29 is 30.8 Å². The van der Waals surface area contributed by atoms with Crippen molar-refractivity contribution in [2.24, 2.45) is 0 Å². The molecule has 0 atom stereocenters. The standard InChI is InChI=1S/C22H14F4N2O3S/c23-15-5-1-13(2-6-15)11-19-18-12-17(9-10-20(18)27-21(19)29)32(30,31)28-16-7-3-14(4-8-16)22(24,25)26/h1-12,28H,(H,27,29). The Labute approximate surface area is 180 Å². The number of hydrogen-bond donors (Lipinski definition) is 2. The number of carbonyl (C=O) groups excluding carboxylic acids is 1. The van der Waals surface area contributed by atoms with Crippen LogP contribution in [0.15, 0.2) is 71.6 Å². The second-order valence-electron chi connectivity index (χ2n) is 6.95. The molecule has 1 aliphatic heterocycles. The van der Waals surface area contributed by atoms with Crippen molar-refractivity contribution in [1.29, 1.82) is 0 Å². The van der Waals surface area contributed by atoms with Gasteiger partial charge < -0.3 is 5.32 Å². The van der Waals surface area contributed by atoms with E-state index in [0.717, 1.165) is 24.3 Å². The van der Waals surface area contributed by atoms with E-state index in [1.807, 2.05) is 0 Å². The summed E-state index contributed by atoms with van der Waals surface area (Å²) in [5, 5.41) is 2.62. The van der Waals surface area contributed by atoms with Crippen molar-refractivity contribution in [3.05, 3.63) is 89.2 Å². The van der Waals surface area contributed by atoms with Gasteiger partial charge in [-0.25, -0.2) is 12.8 Å². The van der Waals surface area contributed by atoms with E-state index in [-0.39, 0.29) is 16.2 Å². The Balaban J connectivity index is 1.65. The molecule has 32 heavy (non-hydrogen) atoms. The maximum atomic E-state index is 13.1. The Hall–Kier alpha value is -3.66. The number of halogens is 4. The fourth-order valence-electron chi connectivity index (χ4n) is 3.14. The van der Waals surface area contributed by atoms with Crippen LogP contribution < -0.4 is 10.0 Å². The Kier molecular flexibility index (Phi) is 5.25. The molecule has 0 spiro atoms. The van der Waals surface area contributed by atoms with Crippen LogP contribution in [0.25, 0.3) is 11.6 Å². The lowest BCUT2D eigenvalue weighted by molar-refractivity contribution is -0.137. The van der Waals surface area contributed by atoms with Gasteiger partial charge in [0, 0.05) is 22.5 Å². The summed E-state index contributed by atoms with van der Waals surface area (Å²) in [7, 11) is -4.15. The van der Waals surface area contributed by atoms with Crippen LogP contribution in [0, 0.1) is 5.82 Å². The maximum absolute atomic E-state index is 13.1. The highest BCUT2D eigenvalue weighted by atomic mass is 32.2. The zero-order valence-corrected chi connectivity index (χ0v) is 16.9. The number of alkyl halides is 3. The Morgan fingerprint density at radius 2 is 1.56 bits per heavy atom. The number of sulfonamides is 1. The van der Waals surface area contributed by atoms with Gasteiger partial charge in [-0.05, 0) is 66.2 Å². The molecule has 0 radical (unpaired) electrons. The van der Waals surface area contributed by atoms with Crippen LogP contribution in [0.1, 0.15) is 16.7 Å². The van der Waals surface area contributed by atoms with Gasteiger partial charge in [0.1, 0.15) is 5.82 Å². The molecule has 5 nitrogen and oxygen atoms in total. The minimum absolute atomic E-state index is 0.0465. The highest BCUT2D eigenvalue weighted by Crippen LogP contribution is 2.35. The van der Waals surface area contributed by atoms with Crippen LogP contribution in [0.3, 0.4) is 0 Å². The first-order valence-corrected chi connectivity index (χ1v) is 10.6. The van der Waals surface area contributed by atoms with Crippen LogP contribution in [0.4, 0.5) is 28.9 Å². The van der Waals surface area contributed by atoms with E-state index in [2.05, 4.69) is 10.0 Å². The normalized spacial score (nSPS) is 14.9. The van der Waals surface area contributed by atoms with Gasteiger partial charge in [-0.2, -0.15) is 13.2 Å². The zero-order chi connectivity index (χ0) is 23.1. The van der Waals surface area contributed by atoms with E-state index in [0.29, 0.717) is 16.8 Å². The summed E-state index contributed by atoms with van der Waals surface area (Å²) in [6.07, 6.45) is -3.04. The summed E-state index contributed by atoms with van der Waals surface area (Å²) < 4.78 is 79.0. The lowest BCUT2D eigenvalue weighted by Gasteiger charge is -2.11. The van der Waals surface area contributed by atoms with Crippen molar-refractivity contribution in [2.45, 2.75) is 11.1 Å². The minimum Gasteiger partial charge on any atom is -0.321 e. The third kappa shape index (κ3) is 4.35. The average Bonchev–Trinajstić information content (AvgIpc) is 3.03. The first-order valence-electron chi connectivity index (χ1n) is 9.16. The molecule has 1 amide bonds. The van der Waals surface area contributed by atoms with Crippen LogP contribution in [-0.2, 0) is 21.0 Å². The second kappa shape index (κ2) is 7.79. The van der Waals surface area contributed by atoms with Gasteiger partial charge in [0.2, 0.25) is 0 Å². The van der Waals surface area contributed by atoms with E-state index in [4.69, 9.17) is 0 Å².